The van der Waals surface area contributed by atoms with Crippen molar-refractivity contribution in [1.29, 1.82) is 0 Å². The molecule has 3 aromatic rings. The van der Waals surface area contributed by atoms with Gasteiger partial charge in [-0.1, -0.05) is 51.8 Å². The molecule has 0 aliphatic carbocycles. The molecule has 1 N–H and O–H groups in total. The summed E-state index contributed by atoms with van der Waals surface area (Å²) in [4.78, 5) is 49.5. The van der Waals surface area contributed by atoms with Crippen molar-refractivity contribution >= 4 is 62.8 Å². The highest BCUT2D eigenvalue weighted by atomic mass is 79.9. The molecule has 0 radical (unpaired) electrons. The lowest BCUT2D eigenvalue weighted by Crippen LogP contribution is -2.54. The molecule has 0 spiro atoms. The number of hydrogen-bond acceptors (Lipinski definition) is 6. The number of para-hydroxylation sites is 1. The molecular weight excluding hydrogens is 542 g/mol. The standard InChI is InChI=1S/C24H15BrClN3O6/c25-16-8-9-21(35-13-14-4-3-5-17(10-14)29(33)34)15(11-16)12-18-22(30)27-24(32)28(23(18)31)20-7-2-1-6-19(20)26/h1-12H,13H2,(H,27,30,32)/b18-12+. The quantitative estimate of drug-likeness (QED) is 0.192. The van der Waals surface area contributed by atoms with Crippen molar-refractivity contribution in [3.8, 4) is 5.75 Å². The molecule has 176 valence electrons. The second-order valence-electron chi connectivity index (χ2n) is 7.31. The van der Waals surface area contributed by atoms with E-state index in [0.29, 0.717) is 21.3 Å². The van der Waals surface area contributed by atoms with E-state index >= 15 is 0 Å². The molecule has 0 bridgehead atoms. The van der Waals surface area contributed by atoms with Crippen LogP contribution in [0.25, 0.3) is 6.08 Å². The first-order valence-electron chi connectivity index (χ1n) is 10.1. The van der Waals surface area contributed by atoms with Crippen LogP contribution in [0.4, 0.5) is 16.2 Å². The van der Waals surface area contributed by atoms with E-state index in [0.717, 1.165) is 4.90 Å². The minimum Gasteiger partial charge on any atom is -0.488 e. The zero-order valence-corrected chi connectivity index (χ0v) is 20.1. The number of carbonyl (C=O) groups is 3. The van der Waals surface area contributed by atoms with Crippen LogP contribution in [-0.2, 0) is 16.2 Å². The van der Waals surface area contributed by atoms with Gasteiger partial charge in [0, 0.05) is 22.2 Å². The van der Waals surface area contributed by atoms with Gasteiger partial charge in [0.05, 0.1) is 15.6 Å². The van der Waals surface area contributed by atoms with Gasteiger partial charge >= 0.3 is 6.03 Å². The Kier molecular flexibility index (Phi) is 6.94. The maximum atomic E-state index is 13.2. The van der Waals surface area contributed by atoms with Crippen LogP contribution in [0, 0.1) is 10.1 Å². The Morgan fingerprint density at radius 1 is 1.06 bits per heavy atom. The number of imide groups is 2. The monoisotopic (exact) mass is 555 g/mol. The van der Waals surface area contributed by atoms with E-state index in [-0.39, 0.29) is 28.6 Å². The maximum absolute atomic E-state index is 13.2. The lowest BCUT2D eigenvalue weighted by molar-refractivity contribution is -0.384. The number of urea groups is 1. The summed E-state index contributed by atoms with van der Waals surface area (Å²) in [5.41, 5.74) is 0.687. The van der Waals surface area contributed by atoms with Crippen LogP contribution >= 0.6 is 27.5 Å². The number of amides is 4. The van der Waals surface area contributed by atoms with Gasteiger partial charge in [0.25, 0.3) is 17.5 Å². The number of halogens is 2. The molecule has 3 aromatic carbocycles. The molecule has 4 amide bonds. The van der Waals surface area contributed by atoms with Gasteiger partial charge in [0.15, 0.2) is 0 Å². The van der Waals surface area contributed by atoms with Crippen molar-refractivity contribution in [3.05, 3.63) is 103 Å². The predicted molar refractivity (Wildman–Crippen MR) is 132 cm³/mol. The summed E-state index contributed by atoms with van der Waals surface area (Å²) in [7, 11) is 0. The molecule has 1 fully saturated rings. The molecule has 0 atom stereocenters. The molecule has 0 unspecified atom stereocenters. The van der Waals surface area contributed by atoms with Gasteiger partial charge in [-0.05, 0) is 42.0 Å². The Hall–Kier alpha value is -4.02. The molecule has 1 aliphatic rings. The number of nitro benzene ring substituents is 1. The van der Waals surface area contributed by atoms with Crippen LogP contribution in [-0.4, -0.2) is 22.8 Å². The molecule has 35 heavy (non-hydrogen) atoms. The Morgan fingerprint density at radius 3 is 2.57 bits per heavy atom. The van der Waals surface area contributed by atoms with E-state index in [2.05, 4.69) is 21.2 Å². The van der Waals surface area contributed by atoms with Gasteiger partial charge in [0.1, 0.15) is 17.9 Å². The Balaban J connectivity index is 1.67. The van der Waals surface area contributed by atoms with E-state index in [9.17, 15) is 24.5 Å². The van der Waals surface area contributed by atoms with E-state index in [1.54, 1.807) is 42.5 Å². The van der Waals surface area contributed by atoms with Crippen LogP contribution in [0.5, 0.6) is 5.75 Å². The van der Waals surface area contributed by atoms with E-state index in [1.165, 1.54) is 30.3 Å². The Bertz CT molecular complexity index is 1410. The van der Waals surface area contributed by atoms with Crippen LogP contribution in [0.2, 0.25) is 5.02 Å². The number of benzene rings is 3. The van der Waals surface area contributed by atoms with Gasteiger partial charge in [-0.2, -0.15) is 0 Å². The van der Waals surface area contributed by atoms with Crippen molar-refractivity contribution in [2.45, 2.75) is 6.61 Å². The van der Waals surface area contributed by atoms with Crippen molar-refractivity contribution in [3.63, 3.8) is 0 Å². The average Bonchev–Trinajstić information content (AvgIpc) is 2.82. The normalized spacial score (nSPS) is 14.7. The maximum Gasteiger partial charge on any atom is 0.335 e. The Morgan fingerprint density at radius 2 is 1.83 bits per heavy atom. The minimum atomic E-state index is -0.915. The number of carbonyl (C=O) groups excluding carboxylic acids is 3. The summed E-state index contributed by atoms with van der Waals surface area (Å²) >= 11 is 9.52. The topological polar surface area (TPSA) is 119 Å². The fourth-order valence-corrected chi connectivity index (χ4v) is 3.95. The number of nitro groups is 1. The fraction of sp³-hybridized carbons (Fsp3) is 0.0417. The summed E-state index contributed by atoms with van der Waals surface area (Å²) in [6.45, 7) is 0.00383. The van der Waals surface area contributed by atoms with Crippen molar-refractivity contribution in [2.75, 3.05) is 4.90 Å². The fourth-order valence-electron chi connectivity index (χ4n) is 3.35. The van der Waals surface area contributed by atoms with E-state index in [1.807, 2.05) is 0 Å². The molecule has 1 aliphatic heterocycles. The van der Waals surface area contributed by atoms with Crippen molar-refractivity contribution < 1.29 is 24.0 Å². The van der Waals surface area contributed by atoms with E-state index in [4.69, 9.17) is 16.3 Å². The molecule has 11 heteroatoms. The second-order valence-corrected chi connectivity index (χ2v) is 8.63. The molecule has 4 rings (SSSR count). The number of non-ortho nitro benzene ring substituents is 1. The minimum absolute atomic E-state index is 0.00383. The predicted octanol–water partition coefficient (Wildman–Crippen LogP) is 5.26. The zero-order chi connectivity index (χ0) is 25.1. The summed E-state index contributed by atoms with van der Waals surface area (Å²) < 4.78 is 6.49. The highest BCUT2D eigenvalue weighted by Gasteiger charge is 2.37. The molecule has 0 aromatic heterocycles. The first-order valence-corrected chi connectivity index (χ1v) is 11.2. The third kappa shape index (κ3) is 5.23. The summed E-state index contributed by atoms with van der Waals surface area (Å²) in [6, 6.07) is 16.3. The summed E-state index contributed by atoms with van der Waals surface area (Å²) in [5, 5.41) is 13.3. The van der Waals surface area contributed by atoms with Gasteiger partial charge in [-0.3, -0.25) is 25.0 Å². The molecule has 9 nitrogen and oxygen atoms in total. The van der Waals surface area contributed by atoms with Gasteiger partial charge < -0.3 is 4.74 Å². The lowest BCUT2D eigenvalue weighted by Gasteiger charge is -2.27. The van der Waals surface area contributed by atoms with Crippen molar-refractivity contribution in [2.24, 2.45) is 0 Å². The van der Waals surface area contributed by atoms with Gasteiger partial charge in [-0.15, -0.1) is 0 Å². The first-order chi connectivity index (χ1) is 16.7. The zero-order valence-electron chi connectivity index (χ0n) is 17.7. The number of barbiturate groups is 1. The smallest absolute Gasteiger partial charge is 0.335 e. The lowest BCUT2D eigenvalue weighted by atomic mass is 10.1. The number of nitrogens with zero attached hydrogens (tertiary/aromatic N) is 2. The van der Waals surface area contributed by atoms with Crippen LogP contribution in [0.3, 0.4) is 0 Å². The first kappa shape index (κ1) is 24.1. The highest BCUT2D eigenvalue weighted by molar-refractivity contribution is 9.10. The largest absolute Gasteiger partial charge is 0.488 e. The Labute approximate surface area is 212 Å². The van der Waals surface area contributed by atoms with Crippen LogP contribution < -0.4 is 15.0 Å². The average molecular weight is 557 g/mol. The highest BCUT2D eigenvalue weighted by Crippen LogP contribution is 2.31. The second kappa shape index (κ2) is 10.1. The third-order valence-corrected chi connectivity index (χ3v) is 5.80. The SMILES string of the molecule is O=C1NC(=O)N(c2ccccc2Cl)C(=O)/C1=C/c1cc(Br)ccc1OCc1cccc([N+](=O)[O-])c1. The summed E-state index contributed by atoms with van der Waals surface area (Å²) in [5.74, 6) is -1.40. The van der Waals surface area contributed by atoms with E-state index < -0.39 is 22.8 Å². The van der Waals surface area contributed by atoms with Gasteiger partial charge in [0.2, 0.25) is 0 Å². The van der Waals surface area contributed by atoms with Crippen molar-refractivity contribution in [1.82, 2.24) is 5.32 Å². The molecule has 0 saturated carbocycles. The molecule has 1 saturated heterocycles. The molecule has 1 heterocycles. The summed E-state index contributed by atoms with van der Waals surface area (Å²) in [6.07, 6.45) is 1.31. The number of nitrogens with one attached hydrogen (secondary N) is 1. The van der Waals surface area contributed by atoms with Crippen LogP contribution in [0.1, 0.15) is 11.1 Å². The van der Waals surface area contributed by atoms with Gasteiger partial charge in [-0.25, -0.2) is 9.69 Å². The van der Waals surface area contributed by atoms with Crippen LogP contribution in [0.15, 0.2) is 76.8 Å². The number of ether oxygens (including phenoxy) is 1. The molecular formula is C24H15BrClN3O6. The number of rotatable bonds is 6. The number of anilines is 1. The number of hydrogen-bond donors (Lipinski definition) is 1. The third-order valence-electron chi connectivity index (χ3n) is 4.98.